The standard InChI is InChI=1S/C30H40F6N4O5/c1-18-8-10-19(11-9-18)21-16-20-12-13-24(40(20)2)22(21)17-45-26(42)23(6-5-15-38-28(44)30(34,35)36)39-25(41)7-3-4-14-37-27(43)29(31,32)33/h8-11,20-24H,3-7,12-17H2,1-2H3,(H,37,43)(H,38,44)(H,39,41)/t20?,21-,22?,23?,24?/m1/s1. The van der Waals surface area contributed by atoms with E-state index < -0.39 is 48.6 Å². The Kier molecular flexibility index (Phi) is 12.7. The molecule has 0 aliphatic carbocycles. The maximum absolute atomic E-state index is 13.3. The largest absolute Gasteiger partial charge is 0.471 e. The number of carbonyl (C=O) groups is 4. The molecular weight excluding hydrogens is 610 g/mol. The molecule has 2 fully saturated rings. The van der Waals surface area contributed by atoms with Gasteiger partial charge in [0.15, 0.2) is 0 Å². The van der Waals surface area contributed by atoms with Crippen molar-refractivity contribution in [1.29, 1.82) is 0 Å². The molecule has 15 heteroatoms. The number of unbranched alkanes of at least 4 members (excludes halogenated alkanes) is 1. The van der Waals surface area contributed by atoms with Crippen molar-refractivity contribution in [2.45, 2.75) is 94.7 Å². The van der Waals surface area contributed by atoms with Crippen molar-refractivity contribution in [3.8, 4) is 0 Å². The number of alkyl halides is 6. The van der Waals surface area contributed by atoms with Crippen LogP contribution in [0.3, 0.4) is 0 Å². The highest BCUT2D eigenvalue weighted by Gasteiger charge is 2.46. The molecule has 2 aliphatic heterocycles. The number of rotatable bonds is 14. The molecule has 0 saturated carbocycles. The van der Waals surface area contributed by atoms with Crippen LogP contribution in [-0.2, 0) is 23.9 Å². The number of piperidine rings is 1. The second kappa shape index (κ2) is 15.8. The molecule has 2 aliphatic rings. The first-order chi connectivity index (χ1) is 21.1. The van der Waals surface area contributed by atoms with Crippen molar-refractivity contribution < 1.29 is 50.3 Å². The molecule has 1 aromatic rings. The number of benzene rings is 1. The van der Waals surface area contributed by atoms with Crippen LogP contribution in [0.4, 0.5) is 26.3 Å². The first kappa shape index (κ1) is 36.1. The third-order valence-electron chi connectivity index (χ3n) is 8.56. The van der Waals surface area contributed by atoms with Gasteiger partial charge in [-0.25, -0.2) is 4.79 Å². The number of esters is 1. The summed E-state index contributed by atoms with van der Waals surface area (Å²) in [6.07, 6.45) is -7.44. The predicted octanol–water partition coefficient (Wildman–Crippen LogP) is 3.90. The number of aryl methyl sites for hydroxylation is 1. The topological polar surface area (TPSA) is 117 Å². The normalized spacial score (nSPS) is 22.4. The molecule has 4 unspecified atom stereocenters. The lowest BCUT2D eigenvalue weighted by Crippen LogP contribution is -2.48. The van der Waals surface area contributed by atoms with E-state index in [0.717, 1.165) is 30.4 Å². The number of fused-ring (bicyclic) bond motifs is 2. The van der Waals surface area contributed by atoms with Gasteiger partial charge in [-0.3, -0.25) is 14.4 Å². The van der Waals surface area contributed by atoms with Crippen molar-refractivity contribution in [2.75, 3.05) is 26.7 Å². The summed E-state index contributed by atoms with van der Waals surface area (Å²) in [7, 11) is 2.05. The first-order valence-corrected chi connectivity index (χ1v) is 15.0. The van der Waals surface area contributed by atoms with Crippen LogP contribution in [0.1, 0.15) is 68.4 Å². The van der Waals surface area contributed by atoms with Crippen molar-refractivity contribution in [3.05, 3.63) is 35.4 Å². The second-order valence-corrected chi connectivity index (χ2v) is 11.7. The van der Waals surface area contributed by atoms with Gasteiger partial charge in [0.25, 0.3) is 0 Å². The number of nitrogens with one attached hydrogen (secondary N) is 3. The molecule has 0 aromatic heterocycles. The molecule has 3 N–H and O–H groups in total. The summed E-state index contributed by atoms with van der Waals surface area (Å²) in [6.45, 7) is 1.35. The average Bonchev–Trinajstić information content (AvgIpc) is 3.20. The molecule has 2 saturated heterocycles. The minimum absolute atomic E-state index is 0.0326. The molecule has 9 nitrogen and oxygen atoms in total. The van der Waals surface area contributed by atoms with E-state index in [0.29, 0.717) is 6.04 Å². The van der Waals surface area contributed by atoms with E-state index in [1.54, 1.807) is 10.6 Å². The highest BCUT2D eigenvalue weighted by atomic mass is 19.4. The third-order valence-corrected chi connectivity index (χ3v) is 8.56. The Morgan fingerprint density at radius 2 is 1.51 bits per heavy atom. The zero-order chi connectivity index (χ0) is 33.4. The van der Waals surface area contributed by atoms with E-state index in [1.165, 1.54) is 0 Å². The first-order valence-electron chi connectivity index (χ1n) is 15.0. The number of nitrogens with zero attached hydrogens (tertiary/aromatic N) is 1. The Hall–Kier alpha value is -3.36. The molecule has 3 rings (SSSR count). The van der Waals surface area contributed by atoms with Crippen LogP contribution in [0.25, 0.3) is 0 Å². The van der Waals surface area contributed by atoms with Crippen LogP contribution in [0, 0.1) is 12.8 Å². The van der Waals surface area contributed by atoms with Crippen molar-refractivity contribution in [2.24, 2.45) is 5.92 Å². The lowest BCUT2D eigenvalue weighted by atomic mass is 9.76. The van der Waals surface area contributed by atoms with Gasteiger partial charge in [-0.2, -0.15) is 26.3 Å². The summed E-state index contributed by atoms with van der Waals surface area (Å²) in [5.74, 6) is -5.50. The van der Waals surface area contributed by atoms with E-state index >= 15 is 0 Å². The van der Waals surface area contributed by atoms with Gasteiger partial charge in [0, 0.05) is 37.5 Å². The van der Waals surface area contributed by atoms with Crippen LogP contribution in [0.15, 0.2) is 24.3 Å². The summed E-state index contributed by atoms with van der Waals surface area (Å²) < 4.78 is 80.2. The fourth-order valence-electron chi connectivity index (χ4n) is 6.12. The Morgan fingerprint density at radius 1 is 0.911 bits per heavy atom. The van der Waals surface area contributed by atoms with Crippen molar-refractivity contribution >= 4 is 23.7 Å². The number of amides is 3. The van der Waals surface area contributed by atoms with Gasteiger partial charge in [0.05, 0.1) is 6.61 Å². The summed E-state index contributed by atoms with van der Waals surface area (Å²) >= 11 is 0. The molecule has 252 valence electrons. The molecule has 0 radical (unpaired) electrons. The highest BCUT2D eigenvalue weighted by Crippen LogP contribution is 2.46. The molecule has 2 bridgehead atoms. The quantitative estimate of drug-likeness (QED) is 0.160. The van der Waals surface area contributed by atoms with Gasteiger partial charge in [-0.05, 0) is 70.4 Å². The molecule has 1 aromatic carbocycles. The highest BCUT2D eigenvalue weighted by molar-refractivity contribution is 5.84. The molecule has 0 spiro atoms. The van der Waals surface area contributed by atoms with E-state index in [4.69, 9.17) is 4.74 Å². The second-order valence-electron chi connectivity index (χ2n) is 11.7. The van der Waals surface area contributed by atoms with Gasteiger partial charge in [0.1, 0.15) is 6.04 Å². The Bertz CT molecular complexity index is 1180. The van der Waals surface area contributed by atoms with E-state index in [9.17, 15) is 45.5 Å². The zero-order valence-corrected chi connectivity index (χ0v) is 25.2. The van der Waals surface area contributed by atoms with Crippen LogP contribution < -0.4 is 16.0 Å². The van der Waals surface area contributed by atoms with E-state index in [2.05, 4.69) is 29.4 Å². The molecular formula is C30H40F6N4O5. The Balaban J connectivity index is 1.60. The number of halogens is 6. The number of hydrogen-bond acceptors (Lipinski definition) is 6. The third kappa shape index (κ3) is 10.6. The SMILES string of the molecule is Cc1ccc([C@H]2CC3CCC(C2COC(=O)C(CCCNC(=O)C(F)(F)F)NC(=O)CCCCNC(=O)C(F)(F)F)N3C)cc1. The Labute approximate surface area is 257 Å². The van der Waals surface area contributed by atoms with Crippen LogP contribution in [0.2, 0.25) is 0 Å². The van der Waals surface area contributed by atoms with Gasteiger partial charge < -0.3 is 25.6 Å². The lowest BCUT2D eigenvalue weighted by molar-refractivity contribution is -0.173. The number of carbonyl (C=O) groups excluding carboxylic acids is 4. The summed E-state index contributed by atoms with van der Waals surface area (Å²) in [5.41, 5.74) is 2.26. The number of hydrogen-bond donors (Lipinski definition) is 3. The predicted molar refractivity (Wildman–Crippen MR) is 151 cm³/mol. The summed E-state index contributed by atoms with van der Waals surface area (Å²) in [5, 5.41) is 5.94. The smallest absolute Gasteiger partial charge is 0.464 e. The summed E-state index contributed by atoms with van der Waals surface area (Å²) in [4.78, 5) is 50.2. The minimum atomic E-state index is -5.06. The molecule has 5 atom stereocenters. The maximum atomic E-state index is 13.3. The van der Waals surface area contributed by atoms with Crippen molar-refractivity contribution in [3.63, 3.8) is 0 Å². The Morgan fingerprint density at radius 3 is 2.11 bits per heavy atom. The van der Waals surface area contributed by atoms with Gasteiger partial charge >= 0.3 is 30.1 Å². The maximum Gasteiger partial charge on any atom is 0.471 e. The van der Waals surface area contributed by atoms with Gasteiger partial charge in [0.2, 0.25) is 5.91 Å². The number of ether oxygens (including phenoxy) is 1. The fraction of sp³-hybridized carbons (Fsp3) is 0.667. The van der Waals surface area contributed by atoms with Crippen LogP contribution in [-0.4, -0.2) is 85.8 Å². The molecule has 3 amide bonds. The van der Waals surface area contributed by atoms with Crippen molar-refractivity contribution in [1.82, 2.24) is 20.9 Å². The van der Waals surface area contributed by atoms with Crippen LogP contribution in [0.5, 0.6) is 0 Å². The molecule has 45 heavy (non-hydrogen) atoms. The van der Waals surface area contributed by atoms with E-state index in [-0.39, 0.29) is 63.1 Å². The lowest BCUT2D eigenvalue weighted by Gasteiger charge is -2.43. The summed E-state index contributed by atoms with van der Waals surface area (Å²) in [6, 6.07) is 7.58. The van der Waals surface area contributed by atoms with Gasteiger partial charge in [-0.1, -0.05) is 29.8 Å². The monoisotopic (exact) mass is 650 g/mol. The zero-order valence-electron chi connectivity index (χ0n) is 25.2. The molecule has 2 heterocycles. The average molecular weight is 651 g/mol. The minimum Gasteiger partial charge on any atom is -0.464 e. The van der Waals surface area contributed by atoms with Gasteiger partial charge in [-0.15, -0.1) is 0 Å². The fourth-order valence-corrected chi connectivity index (χ4v) is 6.12. The van der Waals surface area contributed by atoms with E-state index in [1.807, 2.05) is 19.1 Å². The van der Waals surface area contributed by atoms with Crippen LogP contribution >= 0.6 is 0 Å².